The van der Waals surface area contributed by atoms with Crippen LogP contribution in [0.3, 0.4) is 0 Å². The predicted octanol–water partition coefficient (Wildman–Crippen LogP) is 4.23. The van der Waals surface area contributed by atoms with E-state index in [1.165, 1.54) is 47.4 Å². The molecule has 5 nitrogen and oxygen atoms in total. The number of para-hydroxylation sites is 1. The minimum atomic E-state index is 0.878. The summed E-state index contributed by atoms with van der Waals surface area (Å²) in [5.74, 6) is 2.14. The largest absolute Gasteiger partial charge is 0.368 e. The third-order valence-corrected chi connectivity index (χ3v) is 7.42. The smallest absolute Gasteiger partial charge is 0.146 e. The van der Waals surface area contributed by atoms with Crippen LogP contribution in [0.5, 0.6) is 0 Å². The van der Waals surface area contributed by atoms with E-state index in [4.69, 9.17) is 9.97 Å². The maximum Gasteiger partial charge on any atom is 0.146 e. The van der Waals surface area contributed by atoms with Crippen LogP contribution in [-0.2, 0) is 6.54 Å². The van der Waals surface area contributed by atoms with Crippen molar-refractivity contribution >= 4 is 33.1 Å². The number of benzene rings is 1. The Morgan fingerprint density at radius 1 is 0.862 bits per heavy atom. The molecule has 29 heavy (non-hydrogen) atoms. The van der Waals surface area contributed by atoms with Crippen LogP contribution in [0.1, 0.15) is 29.1 Å². The molecular formula is C23H29N5S. The highest BCUT2D eigenvalue weighted by Gasteiger charge is 2.24. The maximum absolute atomic E-state index is 5.12. The average Bonchev–Trinajstić information content (AvgIpc) is 3.36. The van der Waals surface area contributed by atoms with Gasteiger partial charge in [0, 0.05) is 36.7 Å². The lowest BCUT2D eigenvalue weighted by Gasteiger charge is -2.37. The number of hydrogen-bond acceptors (Lipinski definition) is 6. The Morgan fingerprint density at radius 2 is 1.55 bits per heavy atom. The highest BCUT2D eigenvalue weighted by atomic mass is 32.1. The average molecular weight is 408 g/mol. The van der Waals surface area contributed by atoms with Crippen LogP contribution in [0.15, 0.2) is 30.3 Å². The molecule has 0 radical (unpaired) electrons. The number of fused-ring (bicyclic) bond motifs is 1. The minimum absolute atomic E-state index is 0.878. The summed E-state index contributed by atoms with van der Waals surface area (Å²) in [6.45, 7) is 11.7. The van der Waals surface area contributed by atoms with Gasteiger partial charge in [0.15, 0.2) is 0 Å². The van der Waals surface area contributed by atoms with E-state index >= 15 is 0 Å². The van der Waals surface area contributed by atoms with E-state index in [2.05, 4.69) is 58.9 Å². The van der Waals surface area contributed by atoms with E-state index in [9.17, 15) is 0 Å². The van der Waals surface area contributed by atoms with Crippen molar-refractivity contribution in [2.24, 2.45) is 0 Å². The summed E-state index contributed by atoms with van der Waals surface area (Å²) in [7, 11) is 0. The van der Waals surface area contributed by atoms with Crippen molar-refractivity contribution in [2.45, 2.75) is 33.2 Å². The van der Waals surface area contributed by atoms with Gasteiger partial charge in [-0.1, -0.05) is 18.2 Å². The summed E-state index contributed by atoms with van der Waals surface area (Å²) >= 11 is 1.82. The van der Waals surface area contributed by atoms with Gasteiger partial charge >= 0.3 is 0 Å². The SMILES string of the molecule is Cc1sc2nc(CN3CCCC3)nc(N3CCN(c4ccccc4)CC3)c2c1C. The lowest BCUT2D eigenvalue weighted by molar-refractivity contribution is 0.323. The fourth-order valence-electron chi connectivity index (χ4n) is 4.53. The van der Waals surface area contributed by atoms with Crippen molar-refractivity contribution in [1.29, 1.82) is 0 Å². The number of rotatable bonds is 4. The molecule has 0 saturated carbocycles. The number of likely N-dealkylation sites (tertiary alicyclic amines) is 1. The normalized spacial score (nSPS) is 18.1. The first-order valence-electron chi connectivity index (χ1n) is 10.7. The lowest BCUT2D eigenvalue weighted by Crippen LogP contribution is -2.47. The van der Waals surface area contributed by atoms with Gasteiger partial charge in [-0.05, 0) is 57.5 Å². The second-order valence-corrected chi connectivity index (χ2v) is 9.42. The Labute approximate surface area is 177 Å². The topological polar surface area (TPSA) is 35.5 Å². The van der Waals surface area contributed by atoms with Gasteiger partial charge in [-0.15, -0.1) is 11.3 Å². The van der Waals surface area contributed by atoms with E-state index in [1.807, 2.05) is 11.3 Å². The molecular weight excluding hydrogens is 378 g/mol. The second kappa shape index (κ2) is 7.92. The molecule has 3 aromatic rings. The number of aromatic nitrogens is 2. The molecule has 0 aliphatic carbocycles. The van der Waals surface area contributed by atoms with Gasteiger partial charge in [-0.2, -0.15) is 0 Å². The molecule has 0 unspecified atom stereocenters. The van der Waals surface area contributed by atoms with Crippen LogP contribution in [0.25, 0.3) is 10.2 Å². The molecule has 6 heteroatoms. The zero-order valence-electron chi connectivity index (χ0n) is 17.4. The Kier molecular flexibility index (Phi) is 5.14. The van der Waals surface area contributed by atoms with Gasteiger partial charge < -0.3 is 9.80 Å². The first-order chi connectivity index (χ1) is 14.2. The fraction of sp³-hybridized carbons (Fsp3) is 0.478. The van der Waals surface area contributed by atoms with Gasteiger partial charge in [-0.3, -0.25) is 4.90 Å². The first kappa shape index (κ1) is 18.8. The van der Waals surface area contributed by atoms with Crippen molar-refractivity contribution in [3.63, 3.8) is 0 Å². The molecule has 2 fully saturated rings. The molecule has 2 aliphatic rings. The maximum atomic E-state index is 5.12. The minimum Gasteiger partial charge on any atom is -0.368 e. The number of nitrogens with zero attached hydrogens (tertiary/aromatic N) is 5. The van der Waals surface area contributed by atoms with Crippen molar-refractivity contribution in [2.75, 3.05) is 49.1 Å². The van der Waals surface area contributed by atoms with E-state index in [0.717, 1.165) is 49.2 Å². The summed E-state index contributed by atoms with van der Waals surface area (Å²) in [5.41, 5.74) is 2.66. The standard InChI is InChI=1S/C23H29N5S/c1-17-18(2)29-23-21(17)22(24-20(25-23)16-26-10-6-7-11-26)28-14-12-27(13-15-28)19-8-4-3-5-9-19/h3-5,8-9H,6-7,10-16H2,1-2H3. The third kappa shape index (κ3) is 3.71. The summed E-state index contributed by atoms with van der Waals surface area (Å²) in [6.07, 6.45) is 2.60. The van der Waals surface area contributed by atoms with E-state index in [1.54, 1.807) is 0 Å². The first-order valence-corrected chi connectivity index (χ1v) is 11.5. The molecule has 2 aromatic heterocycles. The highest BCUT2D eigenvalue weighted by molar-refractivity contribution is 7.18. The molecule has 2 saturated heterocycles. The lowest BCUT2D eigenvalue weighted by atomic mass is 10.2. The van der Waals surface area contributed by atoms with Crippen molar-refractivity contribution < 1.29 is 0 Å². The van der Waals surface area contributed by atoms with E-state index < -0.39 is 0 Å². The molecule has 0 spiro atoms. The zero-order valence-corrected chi connectivity index (χ0v) is 18.2. The Balaban J connectivity index is 1.43. The summed E-state index contributed by atoms with van der Waals surface area (Å²) < 4.78 is 0. The molecule has 0 atom stereocenters. The molecule has 152 valence electrons. The van der Waals surface area contributed by atoms with Gasteiger partial charge in [-0.25, -0.2) is 9.97 Å². The van der Waals surface area contributed by atoms with Crippen molar-refractivity contribution in [3.8, 4) is 0 Å². The van der Waals surface area contributed by atoms with Gasteiger partial charge in [0.25, 0.3) is 0 Å². The number of thiophene rings is 1. The van der Waals surface area contributed by atoms with Crippen LogP contribution < -0.4 is 9.80 Å². The Bertz CT molecular complexity index is 985. The Morgan fingerprint density at radius 3 is 2.28 bits per heavy atom. The third-order valence-electron chi connectivity index (χ3n) is 6.32. The number of hydrogen-bond donors (Lipinski definition) is 0. The van der Waals surface area contributed by atoms with Crippen LogP contribution >= 0.6 is 11.3 Å². The van der Waals surface area contributed by atoms with Gasteiger partial charge in [0.2, 0.25) is 0 Å². The summed E-state index contributed by atoms with van der Waals surface area (Å²) in [4.78, 5) is 20.1. The van der Waals surface area contributed by atoms with E-state index in [0.29, 0.717) is 0 Å². The van der Waals surface area contributed by atoms with Gasteiger partial charge in [0.05, 0.1) is 11.9 Å². The molecule has 1 aromatic carbocycles. The summed E-state index contributed by atoms with van der Waals surface area (Å²) in [5, 5.41) is 1.27. The van der Waals surface area contributed by atoms with Crippen LogP contribution in [0.2, 0.25) is 0 Å². The molecule has 5 rings (SSSR count). The Hall–Kier alpha value is -2.18. The highest BCUT2D eigenvalue weighted by Crippen LogP contribution is 2.35. The molecule has 2 aliphatic heterocycles. The van der Waals surface area contributed by atoms with Crippen LogP contribution in [0, 0.1) is 13.8 Å². The molecule has 0 amide bonds. The number of anilines is 2. The molecule has 4 heterocycles. The zero-order chi connectivity index (χ0) is 19.8. The van der Waals surface area contributed by atoms with E-state index in [-0.39, 0.29) is 0 Å². The molecule has 0 N–H and O–H groups in total. The van der Waals surface area contributed by atoms with Gasteiger partial charge in [0.1, 0.15) is 16.5 Å². The second-order valence-electron chi connectivity index (χ2n) is 8.22. The molecule has 0 bridgehead atoms. The van der Waals surface area contributed by atoms with Crippen molar-refractivity contribution in [3.05, 3.63) is 46.6 Å². The fourth-order valence-corrected chi connectivity index (χ4v) is 5.57. The quantitative estimate of drug-likeness (QED) is 0.647. The van der Waals surface area contributed by atoms with Crippen LogP contribution in [-0.4, -0.2) is 54.1 Å². The predicted molar refractivity (Wildman–Crippen MR) is 122 cm³/mol. The number of aryl methyl sites for hydroxylation is 2. The van der Waals surface area contributed by atoms with Crippen LogP contribution in [0.4, 0.5) is 11.5 Å². The van der Waals surface area contributed by atoms with Crippen molar-refractivity contribution in [1.82, 2.24) is 14.9 Å². The summed E-state index contributed by atoms with van der Waals surface area (Å²) in [6, 6.07) is 10.7. The monoisotopic (exact) mass is 407 g/mol. The number of piperazine rings is 1.